The van der Waals surface area contributed by atoms with E-state index in [0.29, 0.717) is 11.3 Å². The first-order valence-corrected chi connectivity index (χ1v) is 7.35. The normalized spacial score (nSPS) is 9.48. The number of amides is 2. The first kappa shape index (κ1) is 17.7. The molecule has 2 aromatic rings. The minimum Gasteiger partial charge on any atom is -0.341 e. The largest absolute Gasteiger partial charge is 0.341 e. The molecule has 0 spiro atoms. The summed E-state index contributed by atoms with van der Waals surface area (Å²) in [5.74, 6) is 5.20. The Hall–Kier alpha value is -3.66. The molecule has 0 bridgehead atoms. The van der Waals surface area contributed by atoms with Gasteiger partial charge in [-0.15, -0.1) is 0 Å². The van der Waals surface area contributed by atoms with Gasteiger partial charge in [0.1, 0.15) is 0 Å². The number of hydrogen-bond donors (Lipinski definition) is 2. The summed E-state index contributed by atoms with van der Waals surface area (Å²) in [5.41, 5.74) is 1.69. The van der Waals surface area contributed by atoms with Crippen LogP contribution >= 0.6 is 0 Å². The van der Waals surface area contributed by atoms with Gasteiger partial charge in [0.25, 0.3) is 11.6 Å². The Morgan fingerprint density at radius 1 is 1.08 bits per heavy atom. The van der Waals surface area contributed by atoms with Gasteiger partial charge >= 0.3 is 0 Å². The van der Waals surface area contributed by atoms with Crippen molar-refractivity contribution in [2.24, 2.45) is 0 Å². The van der Waals surface area contributed by atoms with Gasteiger partial charge in [-0.3, -0.25) is 19.7 Å². The molecule has 2 amide bonds. The van der Waals surface area contributed by atoms with E-state index in [0.717, 1.165) is 5.56 Å². The number of nitro groups is 1. The van der Waals surface area contributed by atoms with Crippen molar-refractivity contribution in [1.29, 1.82) is 0 Å². The number of nitrogens with one attached hydrogen (secondary N) is 2. The monoisotopic (exact) mass is 337 g/mol. The maximum Gasteiger partial charge on any atom is 0.269 e. The molecule has 2 rings (SSSR count). The van der Waals surface area contributed by atoms with Gasteiger partial charge in [-0.1, -0.05) is 11.8 Å². The van der Waals surface area contributed by atoms with Crippen LogP contribution in [0.2, 0.25) is 0 Å². The van der Waals surface area contributed by atoms with Crippen LogP contribution in [0.25, 0.3) is 0 Å². The summed E-state index contributed by atoms with van der Waals surface area (Å²) < 4.78 is 0. The molecular formula is C18H15N3O4. The van der Waals surface area contributed by atoms with Crippen molar-refractivity contribution < 1.29 is 14.5 Å². The molecule has 0 aliphatic heterocycles. The first-order valence-electron chi connectivity index (χ1n) is 7.35. The first-order chi connectivity index (χ1) is 12.0. The maximum absolute atomic E-state index is 11.9. The zero-order valence-electron chi connectivity index (χ0n) is 13.4. The van der Waals surface area contributed by atoms with E-state index >= 15 is 0 Å². The molecule has 2 N–H and O–H groups in total. The molecule has 7 heteroatoms. The second-order valence-corrected chi connectivity index (χ2v) is 5.05. The van der Waals surface area contributed by atoms with Crippen LogP contribution in [0.15, 0.2) is 48.5 Å². The lowest BCUT2D eigenvalue weighted by Gasteiger charge is -2.01. The van der Waals surface area contributed by atoms with Crippen LogP contribution in [0, 0.1) is 22.0 Å². The molecule has 0 aliphatic carbocycles. The molecule has 0 aromatic heterocycles. The SMILES string of the molecule is CC(=O)Nc1ccc(C#CCNC(=O)c2ccc([N+](=O)[O-])cc2)cc1. The van der Waals surface area contributed by atoms with Gasteiger partial charge in [-0.05, 0) is 36.4 Å². The topological polar surface area (TPSA) is 101 Å². The molecule has 25 heavy (non-hydrogen) atoms. The fraction of sp³-hybridized carbons (Fsp3) is 0.111. The lowest BCUT2D eigenvalue weighted by Crippen LogP contribution is -2.23. The number of anilines is 1. The Morgan fingerprint density at radius 3 is 2.28 bits per heavy atom. The van der Waals surface area contributed by atoms with Crippen LogP contribution in [0.3, 0.4) is 0 Å². The van der Waals surface area contributed by atoms with Crippen molar-refractivity contribution in [2.45, 2.75) is 6.92 Å². The second kappa shape index (κ2) is 8.26. The Bertz CT molecular complexity index is 847. The molecule has 126 valence electrons. The summed E-state index contributed by atoms with van der Waals surface area (Å²) in [4.78, 5) is 32.9. The van der Waals surface area contributed by atoms with Crippen LogP contribution in [-0.2, 0) is 4.79 Å². The highest BCUT2D eigenvalue weighted by Crippen LogP contribution is 2.11. The van der Waals surface area contributed by atoms with Crippen molar-refractivity contribution in [3.63, 3.8) is 0 Å². The van der Waals surface area contributed by atoms with E-state index in [2.05, 4.69) is 22.5 Å². The third-order valence-electron chi connectivity index (χ3n) is 3.12. The lowest BCUT2D eigenvalue weighted by atomic mass is 10.2. The average Bonchev–Trinajstić information content (AvgIpc) is 2.59. The number of nitrogens with zero attached hydrogens (tertiary/aromatic N) is 1. The molecule has 2 aromatic carbocycles. The lowest BCUT2D eigenvalue weighted by molar-refractivity contribution is -0.384. The van der Waals surface area contributed by atoms with E-state index in [1.165, 1.54) is 31.2 Å². The third-order valence-corrected chi connectivity index (χ3v) is 3.12. The summed E-state index contributed by atoms with van der Waals surface area (Å²) in [5, 5.41) is 15.8. The van der Waals surface area contributed by atoms with Crippen LogP contribution < -0.4 is 10.6 Å². The highest BCUT2D eigenvalue weighted by atomic mass is 16.6. The van der Waals surface area contributed by atoms with E-state index in [1.807, 2.05) is 0 Å². The van der Waals surface area contributed by atoms with E-state index in [-0.39, 0.29) is 24.0 Å². The van der Waals surface area contributed by atoms with Crippen molar-refractivity contribution >= 4 is 23.2 Å². The number of non-ortho nitro benzene ring substituents is 1. The Kier molecular flexibility index (Phi) is 5.85. The molecule has 0 radical (unpaired) electrons. The van der Waals surface area contributed by atoms with Crippen molar-refractivity contribution in [3.8, 4) is 11.8 Å². The zero-order valence-corrected chi connectivity index (χ0v) is 13.4. The Labute approximate surface area is 144 Å². The second-order valence-electron chi connectivity index (χ2n) is 5.05. The molecule has 0 unspecified atom stereocenters. The zero-order chi connectivity index (χ0) is 18.2. The van der Waals surface area contributed by atoms with Crippen LogP contribution in [0.5, 0.6) is 0 Å². The van der Waals surface area contributed by atoms with Gasteiger partial charge in [0.2, 0.25) is 5.91 Å². The van der Waals surface area contributed by atoms with E-state index < -0.39 is 4.92 Å². The summed E-state index contributed by atoms with van der Waals surface area (Å²) in [7, 11) is 0. The molecule has 0 fully saturated rings. The van der Waals surface area contributed by atoms with E-state index in [1.54, 1.807) is 24.3 Å². The van der Waals surface area contributed by atoms with Gasteiger partial charge in [-0.25, -0.2) is 0 Å². The smallest absolute Gasteiger partial charge is 0.269 e. The molecular weight excluding hydrogens is 322 g/mol. The fourth-order valence-electron chi connectivity index (χ4n) is 1.95. The highest BCUT2D eigenvalue weighted by Gasteiger charge is 2.08. The number of benzene rings is 2. The predicted octanol–water partition coefficient (Wildman–Crippen LogP) is 2.33. The Balaban J connectivity index is 1.88. The fourth-order valence-corrected chi connectivity index (χ4v) is 1.95. The number of rotatable bonds is 4. The van der Waals surface area contributed by atoms with Crippen LogP contribution in [0.4, 0.5) is 11.4 Å². The molecule has 0 aliphatic rings. The minimum atomic E-state index is -0.523. The van der Waals surface area contributed by atoms with Gasteiger partial charge in [0.05, 0.1) is 11.5 Å². The van der Waals surface area contributed by atoms with Crippen molar-refractivity contribution in [2.75, 3.05) is 11.9 Å². The maximum atomic E-state index is 11.9. The van der Waals surface area contributed by atoms with Gasteiger partial charge in [-0.2, -0.15) is 0 Å². The van der Waals surface area contributed by atoms with Crippen LogP contribution in [-0.4, -0.2) is 23.3 Å². The van der Waals surface area contributed by atoms with Gasteiger partial charge in [0.15, 0.2) is 0 Å². The Morgan fingerprint density at radius 2 is 1.72 bits per heavy atom. The van der Waals surface area contributed by atoms with E-state index in [9.17, 15) is 19.7 Å². The highest BCUT2D eigenvalue weighted by molar-refractivity contribution is 5.94. The minimum absolute atomic E-state index is 0.0703. The number of carbonyl (C=O) groups excluding carboxylic acids is 2. The molecule has 0 atom stereocenters. The third kappa shape index (κ3) is 5.48. The predicted molar refractivity (Wildman–Crippen MR) is 93.1 cm³/mol. The number of nitro benzene ring substituents is 1. The molecule has 7 nitrogen and oxygen atoms in total. The molecule has 0 saturated carbocycles. The van der Waals surface area contributed by atoms with Crippen molar-refractivity contribution in [3.05, 3.63) is 69.8 Å². The average molecular weight is 337 g/mol. The van der Waals surface area contributed by atoms with Crippen LogP contribution in [0.1, 0.15) is 22.8 Å². The number of hydrogen-bond acceptors (Lipinski definition) is 4. The molecule has 0 heterocycles. The summed E-state index contributed by atoms with van der Waals surface area (Å²) in [6, 6.07) is 12.3. The summed E-state index contributed by atoms with van der Waals surface area (Å²) in [6.07, 6.45) is 0. The molecule has 0 saturated heterocycles. The quantitative estimate of drug-likeness (QED) is 0.508. The van der Waals surface area contributed by atoms with E-state index in [4.69, 9.17) is 0 Å². The van der Waals surface area contributed by atoms with Crippen molar-refractivity contribution in [1.82, 2.24) is 5.32 Å². The summed E-state index contributed by atoms with van der Waals surface area (Å²) >= 11 is 0. The summed E-state index contributed by atoms with van der Waals surface area (Å²) in [6.45, 7) is 1.57. The standard InChI is InChI=1S/C18H15N3O4/c1-13(22)20-16-8-4-14(5-9-16)3-2-12-19-18(23)15-6-10-17(11-7-15)21(24)25/h4-11H,12H2,1H3,(H,19,23)(H,20,22). The van der Waals surface area contributed by atoms with Gasteiger partial charge < -0.3 is 10.6 Å². The van der Waals surface area contributed by atoms with Gasteiger partial charge in [0, 0.05) is 35.9 Å². The number of carbonyl (C=O) groups is 2.